The van der Waals surface area contributed by atoms with Gasteiger partial charge in [0.1, 0.15) is 5.78 Å². The van der Waals surface area contributed by atoms with E-state index in [2.05, 4.69) is 5.32 Å². The van der Waals surface area contributed by atoms with Crippen LogP contribution in [-0.2, 0) is 9.59 Å². The SMILES string of the molecule is CNC(=O)C1(C)C=CC=CC1C(C)=O. The maximum absolute atomic E-state index is 11.7. The molecule has 0 aromatic carbocycles. The number of Topliss-reactive ketones (excluding diaryl/α,β-unsaturated/α-hetero) is 1. The second kappa shape index (κ2) is 3.78. The molecule has 0 aliphatic heterocycles. The lowest BCUT2D eigenvalue weighted by Crippen LogP contribution is -2.43. The minimum atomic E-state index is -0.741. The Morgan fingerprint density at radius 3 is 2.50 bits per heavy atom. The second-order valence-corrected chi connectivity index (χ2v) is 3.69. The Labute approximate surface area is 83.9 Å². The summed E-state index contributed by atoms with van der Waals surface area (Å²) in [6.07, 6.45) is 7.15. The van der Waals surface area contributed by atoms with Gasteiger partial charge in [-0.1, -0.05) is 24.3 Å². The number of allylic oxidation sites excluding steroid dienone is 3. The van der Waals surface area contributed by atoms with Crippen molar-refractivity contribution < 1.29 is 9.59 Å². The van der Waals surface area contributed by atoms with E-state index in [4.69, 9.17) is 0 Å². The summed E-state index contributed by atoms with van der Waals surface area (Å²) in [7, 11) is 1.58. The molecule has 3 heteroatoms. The van der Waals surface area contributed by atoms with Crippen LogP contribution >= 0.6 is 0 Å². The van der Waals surface area contributed by atoms with Crippen LogP contribution in [0.4, 0.5) is 0 Å². The zero-order valence-electron chi connectivity index (χ0n) is 8.70. The molecule has 76 valence electrons. The highest BCUT2D eigenvalue weighted by Crippen LogP contribution is 2.33. The van der Waals surface area contributed by atoms with E-state index in [1.165, 1.54) is 6.92 Å². The standard InChI is InChI=1S/C11H15NO2/c1-8(13)9-6-4-5-7-11(9,2)10(14)12-3/h4-7,9H,1-3H3,(H,12,14). The van der Waals surface area contributed by atoms with E-state index in [1.54, 1.807) is 38.3 Å². The number of carbonyl (C=O) groups excluding carboxylic acids is 2. The summed E-state index contributed by atoms with van der Waals surface area (Å²) in [6.45, 7) is 3.28. The summed E-state index contributed by atoms with van der Waals surface area (Å²) >= 11 is 0. The van der Waals surface area contributed by atoms with Gasteiger partial charge in [-0.15, -0.1) is 0 Å². The molecular weight excluding hydrogens is 178 g/mol. The summed E-state index contributed by atoms with van der Waals surface area (Å²) in [4.78, 5) is 23.0. The molecular formula is C11H15NO2. The van der Waals surface area contributed by atoms with Crippen molar-refractivity contribution >= 4 is 11.7 Å². The summed E-state index contributed by atoms with van der Waals surface area (Å²) in [5.74, 6) is -0.470. The van der Waals surface area contributed by atoms with Crippen molar-refractivity contribution in [1.82, 2.24) is 5.32 Å². The minimum absolute atomic E-state index is 0.0108. The predicted molar refractivity (Wildman–Crippen MR) is 54.6 cm³/mol. The molecule has 0 radical (unpaired) electrons. The molecule has 0 spiro atoms. The minimum Gasteiger partial charge on any atom is -0.358 e. The normalized spacial score (nSPS) is 30.1. The van der Waals surface area contributed by atoms with Crippen molar-refractivity contribution in [3.63, 3.8) is 0 Å². The molecule has 1 aliphatic rings. The van der Waals surface area contributed by atoms with Gasteiger partial charge in [-0.25, -0.2) is 0 Å². The Hall–Kier alpha value is -1.38. The van der Waals surface area contributed by atoms with Crippen LogP contribution < -0.4 is 5.32 Å². The number of ketones is 1. The van der Waals surface area contributed by atoms with Crippen LogP contribution in [0.3, 0.4) is 0 Å². The molecule has 0 saturated heterocycles. The Morgan fingerprint density at radius 2 is 2.00 bits per heavy atom. The largest absolute Gasteiger partial charge is 0.358 e. The number of carbonyl (C=O) groups is 2. The van der Waals surface area contributed by atoms with E-state index in [-0.39, 0.29) is 17.6 Å². The maximum Gasteiger partial charge on any atom is 0.230 e. The molecule has 0 heterocycles. The van der Waals surface area contributed by atoms with Gasteiger partial charge in [0.25, 0.3) is 0 Å². The number of rotatable bonds is 2. The first kappa shape index (κ1) is 10.7. The van der Waals surface area contributed by atoms with E-state index < -0.39 is 5.41 Å². The maximum atomic E-state index is 11.7. The molecule has 0 bridgehead atoms. The van der Waals surface area contributed by atoms with E-state index in [0.717, 1.165) is 0 Å². The predicted octanol–water partition coefficient (Wildman–Crippen LogP) is 1.07. The smallest absolute Gasteiger partial charge is 0.230 e. The fraction of sp³-hybridized carbons (Fsp3) is 0.455. The van der Waals surface area contributed by atoms with Gasteiger partial charge in [-0.3, -0.25) is 9.59 Å². The quantitative estimate of drug-likeness (QED) is 0.713. The lowest BCUT2D eigenvalue weighted by atomic mass is 9.72. The number of nitrogens with one attached hydrogen (secondary N) is 1. The molecule has 3 nitrogen and oxygen atoms in total. The summed E-state index contributed by atoms with van der Waals surface area (Å²) in [5, 5.41) is 2.58. The van der Waals surface area contributed by atoms with Gasteiger partial charge in [0.15, 0.2) is 0 Å². The number of hydrogen-bond acceptors (Lipinski definition) is 2. The van der Waals surface area contributed by atoms with E-state index >= 15 is 0 Å². The fourth-order valence-electron chi connectivity index (χ4n) is 1.78. The van der Waals surface area contributed by atoms with Gasteiger partial charge in [0.2, 0.25) is 5.91 Å². The van der Waals surface area contributed by atoms with Crippen molar-refractivity contribution in [2.45, 2.75) is 13.8 Å². The molecule has 0 fully saturated rings. The molecule has 1 amide bonds. The Kier molecular flexibility index (Phi) is 2.89. The van der Waals surface area contributed by atoms with Crippen molar-refractivity contribution in [2.75, 3.05) is 7.05 Å². The topological polar surface area (TPSA) is 46.2 Å². The van der Waals surface area contributed by atoms with Crippen LogP contribution in [0.2, 0.25) is 0 Å². The Morgan fingerprint density at radius 1 is 1.36 bits per heavy atom. The van der Waals surface area contributed by atoms with Crippen LogP contribution in [0.1, 0.15) is 13.8 Å². The van der Waals surface area contributed by atoms with Crippen molar-refractivity contribution in [3.8, 4) is 0 Å². The second-order valence-electron chi connectivity index (χ2n) is 3.69. The third-order valence-corrected chi connectivity index (χ3v) is 2.66. The van der Waals surface area contributed by atoms with Crippen LogP contribution in [0.5, 0.6) is 0 Å². The summed E-state index contributed by atoms with van der Waals surface area (Å²) in [5.41, 5.74) is -0.741. The summed E-state index contributed by atoms with van der Waals surface area (Å²) < 4.78 is 0. The van der Waals surface area contributed by atoms with E-state index in [1.807, 2.05) is 0 Å². The van der Waals surface area contributed by atoms with Crippen LogP contribution in [0.25, 0.3) is 0 Å². The lowest BCUT2D eigenvalue weighted by Gasteiger charge is -2.31. The lowest BCUT2D eigenvalue weighted by molar-refractivity contribution is -0.134. The highest BCUT2D eigenvalue weighted by atomic mass is 16.2. The van der Waals surface area contributed by atoms with Gasteiger partial charge in [-0.05, 0) is 13.8 Å². The van der Waals surface area contributed by atoms with Gasteiger partial charge >= 0.3 is 0 Å². The molecule has 2 unspecified atom stereocenters. The first-order valence-corrected chi connectivity index (χ1v) is 4.61. The summed E-state index contributed by atoms with van der Waals surface area (Å²) in [6, 6.07) is 0. The van der Waals surface area contributed by atoms with Crippen LogP contribution in [0.15, 0.2) is 24.3 Å². The van der Waals surface area contributed by atoms with Crippen molar-refractivity contribution in [1.29, 1.82) is 0 Å². The first-order valence-electron chi connectivity index (χ1n) is 4.61. The molecule has 1 aliphatic carbocycles. The molecule has 2 atom stereocenters. The monoisotopic (exact) mass is 193 g/mol. The zero-order valence-corrected chi connectivity index (χ0v) is 8.70. The zero-order chi connectivity index (χ0) is 10.8. The fourth-order valence-corrected chi connectivity index (χ4v) is 1.78. The van der Waals surface area contributed by atoms with E-state index in [0.29, 0.717) is 0 Å². The number of amides is 1. The Balaban J connectivity index is 3.05. The molecule has 14 heavy (non-hydrogen) atoms. The first-order chi connectivity index (χ1) is 6.52. The average Bonchev–Trinajstić information content (AvgIpc) is 2.16. The van der Waals surface area contributed by atoms with Gasteiger partial charge in [-0.2, -0.15) is 0 Å². The van der Waals surface area contributed by atoms with Gasteiger partial charge < -0.3 is 5.32 Å². The highest BCUT2D eigenvalue weighted by Gasteiger charge is 2.40. The molecule has 0 aromatic heterocycles. The van der Waals surface area contributed by atoms with Crippen LogP contribution in [-0.4, -0.2) is 18.7 Å². The molecule has 0 aromatic rings. The van der Waals surface area contributed by atoms with Crippen LogP contribution in [0, 0.1) is 11.3 Å². The highest BCUT2D eigenvalue weighted by molar-refractivity contribution is 5.93. The van der Waals surface area contributed by atoms with Crippen molar-refractivity contribution in [2.24, 2.45) is 11.3 Å². The number of hydrogen-bond donors (Lipinski definition) is 1. The molecule has 1 rings (SSSR count). The molecule has 0 saturated carbocycles. The third kappa shape index (κ3) is 1.62. The third-order valence-electron chi connectivity index (χ3n) is 2.66. The molecule has 1 N–H and O–H groups in total. The van der Waals surface area contributed by atoms with Gasteiger partial charge in [0.05, 0.1) is 11.3 Å². The average molecular weight is 193 g/mol. The van der Waals surface area contributed by atoms with Gasteiger partial charge in [0, 0.05) is 7.05 Å². The van der Waals surface area contributed by atoms with E-state index in [9.17, 15) is 9.59 Å². The Bertz CT molecular complexity index is 317. The van der Waals surface area contributed by atoms with Crippen molar-refractivity contribution in [3.05, 3.63) is 24.3 Å².